The van der Waals surface area contributed by atoms with E-state index in [0.717, 1.165) is 19.2 Å². The molecule has 0 aliphatic heterocycles. The maximum Gasteiger partial charge on any atom is 0.287 e. The van der Waals surface area contributed by atoms with E-state index < -0.39 is 11.6 Å². The van der Waals surface area contributed by atoms with E-state index in [1.54, 1.807) is 0 Å². The van der Waals surface area contributed by atoms with Gasteiger partial charge in [-0.25, -0.2) is 9.97 Å². The highest BCUT2D eigenvalue weighted by Crippen LogP contribution is 2.23. The molecule has 0 spiro atoms. The fourth-order valence-corrected chi connectivity index (χ4v) is 0.506. The Labute approximate surface area is 58.3 Å². The zero-order valence-electron chi connectivity index (χ0n) is 6.31. The molecule has 1 rings (SSSR count). The Morgan fingerprint density at radius 1 is 1.70 bits per heavy atom. The SMILES string of the molecule is [2H]c1nccc(C(C)(F)F)n1. The largest absolute Gasteiger partial charge is 0.287 e. The summed E-state index contributed by atoms with van der Waals surface area (Å²) < 4.78 is 31.8. The minimum Gasteiger partial charge on any atom is -0.245 e. The first-order chi connectivity index (χ1) is 5.00. The van der Waals surface area contributed by atoms with Crippen LogP contribution in [0.1, 0.15) is 14.0 Å². The summed E-state index contributed by atoms with van der Waals surface area (Å²) in [5.41, 5.74) is -0.419. The molecule has 0 unspecified atom stereocenters. The Bertz CT molecular complexity index is 259. The monoisotopic (exact) mass is 145 g/mol. The van der Waals surface area contributed by atoms with Gasteiger partial charge in [0.25, 0.3) is 5.92 Å². The molecule has 0 aliphatic carbocycles. The molecule has 4 heteroatoms. The third kappa shape index (κ3) is 1.46. The predicted octanol–water partition coefficient (Wildman–Crippen LogP) is 1.59. The molecule has 0 aliphatic rings. The topological polar surface area (TPSA) is 25.8 Å². The average Bonchev–Trinajstić information content (AvgIpc) is 1.86. The number of alkyl halides is 2. The van der Waals surface area contributed by atoms with E-state index >= 15 is 0 Å². The molecule has 0 N–H and O–H groups in total. The van der Waals surface area contributed by atoms with Crippen LogP contribution in [0.4, 0.5) is 8.78 Å². The van der Waals surface area contributed by atoms with Gasteiger partial charge in [0.15, 0.2) is 0 Å². The summed E-state index contributed by atoms with van der Waals surface area (Å²) >= 11 is 0. The first-order valence-electron chi connectivity index (χ1n) is 3.18. The first-order valence-corrected chi connectivity index (χ1v) is 2.68. The van der Waals surface area contributed by atoms with Crippen LogP contribution in [0, 0.1) is 0 Å². The molecular formula is C6H6F2N2. The van der Waals surface area contributed by atoms with Gasteiger partial charge in [0.1, 0.15) is 13.4 Å². The van der Waals surface area contributed by atoms with Crippen LogP contribution in [-0.2, 0) is 5.92 Å². The van der Waals surface area contributed by atoms with Gasteiger partial charge >= 0.3 is 0 Å². The van der Waals surface area contributed by atoms with Crippen molar-refractivity contribution in [3.05, 3.63) is 24.3 Å². The van der Waals surface area contributed by atoms with E-state index in [9.17, 15) is 8.78 Å². The van der Waals surface area contributed by atoms with E-state index in [0.29, 0.717) is 0 Å². The lowest BCUT2D eigenvalue weighted by Crippen LogP contribution is -2.08. The lowest BCUT2D eigenvalue weighted by molar-refractivity contribution is 0.0126. The van der Waals surface area contributed by atoms with Gasteiger partial charge in [-0.1, -0.05) is 0 Å². The van der Waals surface area contributed by atoms with Gasteiger partial charge in [0, 0.05) is 13.1 Å². The molecule has 1 aromatic heterocycles. The Balaban J connectivity index is 3.06. The highest BCUT2D eigenvalue weighted by molar-refractivity contribution is 5.03. The van der Waals surface area contributed by atoms with Crippen molar-refractivity contribution < 1.29 is 10.2 Å². The molecule has 54 valence electrons. The molecule has 0 saturated carbocycles. The fourth-order valence-electron chi connectivity index (χ4n) is 0.506. The molecule has 0 aromatic carbocycles. The lowest BCUT2D eigenvalue weighted by Gasteiger charge is -2.06. The van der Waals surface area contributed by atoms with Gasteiger partial charge in [-0.05, 0) is 6.07 Å². The average molecular weight is 145 g/mol. The molecular weight excluding hydrogens is 138 g/mol. The summed E-state index contributed by atoms with van der Waals surface area (Å²) in [7, 11) is 0. The lowest BCUT2D eigenvalue weighted by atomic mass is 10.3. The van der Waals surface area contributed by atoms with Gasteiger partial charge in [0.2, 0.25) is 0 Å². The third-order valence-corrected chi connectivity index (χ3v) is 0.985. The molecule has 0 saturated heterocycles. The maximum absolute atomic E-state index is 12.5. The summed E-state index contributed by atoms with van der Waals surface area (Å²) in [5.74, 6) is -2.99. The minimum absolute atomic E-state index is 0.385. The van der Waals surface area contributed by atoms with Gasteiger partial charge in [-0.15, -0.1) is 0 Å². The standard InChI is InChI=1S/C6H6F2N2/c1-6(7,8)5-2-3-9-4-10-5/h2-4H,1H3/i4D. The number of rotatable bonds is 1. The molecule has 0 fully saturated rings. The van der Waals surface area contributed by atoms with Crippen molar-refractivity contribution in [3.63, 3.8) is 0 Å². The van der Waals surface area contributed by atoms with E-state index in [-0.39, 0.29) is 6.30 Å². The Morgan fingerprint density at radius 3 is 2.80 bits per heavy atom. The zero-order valence-corrected chi connectivity index (χ0v) is 5.31. The second-order valence-electron chi connectivity index (χ2n) is 1.93. The fraction of sp³-hybridized carbons (Fsp3) is 0.333. The number of aromatic nitrogens is 2. The third-order valence-electron chi connectivity index (χ3n) is 0.985. The van der Waals surface area contributed by atoms with Crippen molar-refractivity contribution in [3.8, 4) is 0 Å². The summed E-state index contributed by atoms with van der Waals surface area (Å²) in [6, 6.07) is 1.10. The van der Waals surface area contributed by atoms with Crippen LogP contribution in [-0.4, -0.2) is 9.97 Å². The molecule has 0 bridgehead atoms. The summed E-state index contributed by atoms with van der Waals surface area (Å²) in [6.07, 6.45) is 0.756. The van der Waals surface area contributed by atoms with Crippen LogP contribution in [0.15, 0.2) is 18.6 Å². The second-order valence-corrected chi connectivity index (χ2v) is 1.93. The van der Waals surface area contributed by atoms with Gasteiger partial charge in [-0.2, -0.15) is 8.78 Å². The number of nitrogens with zero attached hydrogens (tertiary/aromatic N) is 2. The zero-order chi connectivity index (χ0) is 8.48. The van der Waals surface area contributed by atoms with Crippen molar-refractivity contribution in [2.75, 3.05) is 0 Å². The molecule has 0 amide bonds. The van der Waals surface area contributed by atoms with Crippen LogP contribution in [0.3, 0.4) is 0 Å². The number of hydrogen-bond donors (Lipinski definition) is 0. The highest BCUT2D eigenvalue weighted by Gasteiger charge is 2.25. The molecule has 1 heterocycles. The van der Waals surface area contributed by atoms with Crippen molar-refractivity contribution in [1.29, 1.82) is 0 Å². The summed E-state index contributed by atoms with van der Waals surface area (Å²) in [4.78, 5) is 6.63. The molecule has 2 nitrogen and oxygen atoms in total. The smallest absolute Gasteiger partial charge is 0.245 e. The predicted molar refractivity (Wildman–Crippen MR) is 31.6 cm³/mol. The Kier molecular flexibility index (Phi) is 1.30. The van der Waals surface area contributed by atoms with Gasteiger partial charge in [-0.3, -0.25) is 0 Å². The van der Waals surface area contributed by atoms with E-state index in [1.807, 2.05) is 0 Å². The van der Waals surface area contributed by atoms with Gasteiger partial charge in [0.05, 0.1) is 0 Å². The van der Waals surface area contributed by atoms with Crippen LogP contribution in [0.5, 0.6) is 0 Å². The Morgan fingerprint density at radius 2 is 2.40 bits per heavy atom. The quantitative estimate of drug-likeness (QED) is 0.599. The van der Waals surface area contributed by atoms with E-state index in [2.05, 4.69) is 9.97 Å². The number of hydrogen-bond acceptors (Lipinski definition) is 2. The summed E-state index contributed by atoms with van der Waals surface area (Å²) in [6.45, 7) is 0.731. The van der Waals surface area contributed by atoms with E-state index in [4.69, 9.17) is 1.37 Å². The van der Waals surface area contributed by atoms with Crippen molar-refractivity contribution in [2.45, 2.75) is 12.8 Å². The normalized spacial score (nSPS) is 12.9. The van der Waals surface area contributed by atoms with E-state index in [1.165, 1.54) is 0 Å². The summed E-state index contributed by atoms with van der Waals surface area (Å²) in [5, 5.41) is 0. The minimum atomic E-state index is -2.99. The van der Waals surface area contributed by atoms with Crippen LogP contribution in [0.25, 0.3) is 0 Å². The van der Waals surface area contributed by atoms with Crippen LogP contribution >= 0.6 is 0 Å². The second kappa shape index (κ2) is 2.28. The number of halogens is 2. The Hall–Kier alpha value is -1.06. The first kappa shape index (κ1) is 5.70. The molecule has 0 atom stereocenters. The molecule has 1 aromatic rings. The van der Waals surface area contributed by atoms with Crippen molar-refractivity contribution >= 4 is 0 Å². The maximum atomic E-state index is 12.5. The van der Waals surface area contributed by atoms with Crippen LogP contribution in [0.2, 0.25) is 0 Å². The molecule has 10 heavy (non-hydrogen) atoms. The molecule has 0 radical (unpaired) electrons. The van der Waals surface area contributed by atoms with Crippen LogP contribution < -0.4 is 0 Å². The van der Waals surface area contributed by atoms with Crippen molar-refractivity contribution in [1.82, 2.24) is 9.97 Å². The van der Waals surface area contributed by atoms with Gasteiger partial charge < -0.3 is 0 Å². The van der Waals surface area contributed by atoms with Crippen molar-refractivity contribution in [2.24, 2.45) is 0 Å². The highest BCUT2D eigenvalue weighted by atomic mass is 19.3.